The van der Waals surface area contributed by atoms with E-state index < -0.39 is 0 Å². The van der Waals surface area contributed by atoms with E-state index in [2.05, 4.69) is 11.1 Å². The predicted molar refractivity (Wildman–Crippen MR) is 126 cm³/mol. The third kappa shape index (κ3) is 5.21. The van der Waals surface area contributed by atoms with Gasteiger partial charge in [-0.15, -0.1) is 0 Å². The van der Waals surface area contributed by atoms with Gasteiger partial charge in [0, 0.05) is 31.0 Å². The minimum atomic E-state index is 0.0656. The van der Waals surface area contributed by atoms with Gasteiger partial charge in [-0.3, -0.25) is 0 Å². The molecule has 34 heavy (non-hydrogen) atoms. The molecule has 1 aromatic heterocycles. The number of rotatable bonds is 8. The average Bonchev–Trinajstić information content (AvgIpc) is 2.89. The first-order chi connectivity index (χ1) is 16.6. The van der Waals surface area contributed by atoms with Crippen molar-refractivity contribution >= 4 is 0 Å². The summed E-state index contributed by atoms with van der Waals surface area (Å²) in [5, 5.41) is 9.69. The van der Waals surface area contributed by atoms with Crippen LogP contribution in [0.1, 0.15) is 29.8 Å². The summed E-state index contributed by atoms with van der Waals surface area (Å²) in [5.74, 6) is 2.91. The van der Waals surface area contributed by atoms with E-state index in [0.29, 0.717) is 54.0 Å². The first kappa shape index (κ1) is 23.3. The molecule has 0 N–H and O–H groups in total. The summed E-state index contributed by atoms with van der Waals surface area (Å²) in [6.45, 7) is 1.36. The summed E-state index contributed by atoms with van der Waals surface area (Å²) in [7, 11) is 4.74. The van der Waals surface area contributed by atoms with E-state index >= 15 is 0 Å². The molecule has 1 aliphatic heterocycles. The molecule has 0 unspecified atom stereocenters. The SMILES string of the molecule is COc1cc(Cc2nccc(-c3ccc(OC4CCOCC4)c(C#N)c3)n2)cc(OC)c1OC. The number of ether oxygens (including phenoxy) is 5. The molecule has 8 heteroatoms. The Balaban J connectivity index is 1.57. The zero-order valence-corrected chi connectivity index (χ0v) is 19.5. The van der Waals surface area contributed by atoms with Crippen molar-refractivity contribution in [2.75, 3.05) is 34.5 Å². The van der Waals surface area contributed by atoms with Crippen LogP contribution in [0.25, 0.3) is 11.3 Å². The number of nitriles is 1. The molecule has 0 spiro atoms. The lowest BCUT2D eigenvalue weighted by Crippen LogP contribution is -2.26. The highest BCUT2D eigenvalue weighted by Gasteiger charge is 2.18. The highest BCUT2D eigenvalue weighted by atomic mass is 16.5. The molecule has 1 fully saturated rings. The van der Waals surface area contributed by atoms with Crippen LogP contribution < -0.4 is 18.9 Å². The summed E-state index contributed by atoms with van der Waals surface area (Å²) in [4.78, 5) is 9.15. The molecule has 0 bridgehead atoms. The topological polar surface area (TPSA) is 95.7 Å². The molecule has 0 amide bonds. The van der Waals surface area contributed by atoms with Crippen LogP contribution >= 0.6 is 0 Å². The second-order valence-electron chi connectivity index (χ2n) is 7.82. The number of aromatic nitrogens is 2. The molecular weight excluding hydrogens is 434 g/mol. The van der Waals surface area contributed by atoms with E-state index in [-0.39, 0.29) is 6.10 Å². The quantitative estimate of drug-likeness (QED) is 0.493. The summed E-state index contributed by atoms with van der Waals surface area (Å²) in [5.41, 5.74) is 2.95. The van der Waals surface area contributed by atoms with Crippen LogP contribution in [-0.4, -0.2) is 50.6 Å². The van der Waals surface area contributed by atoms with E-state index in [9.17, 15) is 5.26 Å². The smallest absolute Gasteiger partial charge is 0.203 e. The Labute approximate surface area is 199 Å². The third-order valence-corrected chi connectivity index (χ3v) is 5.65. The van der Waals surface area contributed by atoms with E-state index in [0.717, 1.165) is 29.7 Å². The minimum Gasteiger partial charge on any atom is -0.493 e. The Bertz CT molecular complexity index is 1160. The van der Waals surface area contributed by atoms with Gasteiger partial charge in [-0.2, -0.15) is 5.26 Å². The Kier molecular flexibility index (Phi) is 7.45. The number of benzene rings is 2. The molecule has 8 nitrogen and oxygen atoms in total. The normalized spacial score (nSPS) is 13.7. The largest absolute Gasteiger partial charge is 0.493 e. The second-order valence-corrected chi connectivity index (χ2v) is 7.82. The molecule has 0 radical (unpaired) electrons. The molecule has 1 saturated heterocycles. The molecule has 2 aromatic carbocycles. The fourth-order valence-electron chi connectivity index (χ4n) is 3.92. The zero-order chi connectivity index (χ0) is 23.9. The van der Waals surface area contributed by atoms with Gasteiger partial charge < -0.3 is 23.7 Å². The van der Waals surface area contributed by atoms with Gasteiger partial charge in [0.2, 0.25) is 5.75 Å². The van der Waals surface area contributed by atoms with Gasteiger partial charge >= 0.3 is 0 Å². The van der Waals surface area contributed by atoms with Crippen molar-refractivity contribution in [1.82, 2.24) is 9.97 Å². The molecule has 4 rings (SSSR count). The Morgan fingerprint density at radius 2 is 1.71 bits per heavy atom. The maximum atomic E-state index is 9.69. The highest BCUT2D eigenvalue weighted by molar-refractivity contribution is 5.64. The van der Waals surface area contributed by atoms with E-state index in [1.165, 1.54) is 0 Å². The van der Waals surface area contributed by atoms with Crippen molar-refractivity contribution in [2.24, 2.45) is 0 Å². The van der Waals surface area contributed by atoms with Crippen LogP contribution in [0, 0.1) is 11.3 Å². The zero-order valence-electron chi connectivity index (χ0n) is 19.5. The molecule has 0 saturated carbocycles. The number of methoxy groups -OCH3 is 3. The van der Waals surface area contributed by atoms with Gasteiger partial charge in [-0.1, -0.05) is 0 Å². The standard InChI is InChI=1S/C26H27N3O5/c1-30-23-12-17(13-24(31-2)26(23)32-3)14-25-28-9-6-21(29-25)18-4-5-22(19(15-18)16-27)34-20-7-10-33-11-8-20/h4-6,9,12-13,15,20H,7-8,10-11,14H2,1-3H3. The Hall–Kier alpha value is -3.83. The van der Waals surface area contributed by atoms with Gasteiger partial charge in [-0.05, 0) is 42.0 Å². The predicted octanol–water partition coefficient (Wildman–Crippen LogP) is 4.19. The fourth-order valence-corrected chi connectivity index (χ4v) is 3.92. The molecule has 1 aliphatic rings. The van der Waals surface area contributed by atoms with Gasteiger partial charge in [0.25, 0.3) is 0 Å². The van der Waals surface area contributed by atoms with Crippen LogP contribution in [0.3, 0.4) is 0 Å². The number of nitrogens with zero attached hydrogens (tertiary/aromatic N) is 3. The van der Waals surface area contributed by atoms with Gasteiger partial charge in [0.1, 0.15) is 23.7 Å². The summed E-state index contributed by atoms with van der Waals surface area (Å²) < 4.78 is 27.7. The van der Waals surface area contributed by atoms with E-state index in [1.807, 2.05) is 30.3 Å². The number of hydrogen-bond donors (Lipinski definition) is 0. The molecule has 176 valence electrons. The monoisotopic (exact) mass is 461 g/mol. The lowest BCUT2D eigenvalue weighted by molar-refractivity contribution is 0.0254. The van der Waals surface area contributed by atoms with E-state index in [1.54, 1.807) is 33.6 Å². The molecule has 2 heterocycles. The van der Waals surface area contributed by atoms with Gasteiger partial charge in [0.05, 0.1) is 45.8 Å². The first-order valence-corrected chi connectivity index (χ1v) is 11.0. The highest BCUT2D eigenvalue weighted by Crippen LogP contribution is 2.38. The molecular formula is C26H27N3O5. The minimum absolute atomic E-state index is 0.0656. The summed E-state index contributed by atoms with van der Waals surface area (Å²) in [6, 6.07) is 13.4. The van der Waals surface area contributed by atoms with Crippen molar-refractivity contribution in [3.05, 3.63) is 59.5 Å². The molecule has 0 atom stereocenters. The van der Waals surface area contributed by atoms with Crippen LogP contribution in [-0.2, 0) is 11.2 Å². The van der Waals surface area contributed by atoms with Crippen LogP contribution in [0.2, 0.25) is 0 Å². The van der Waals surface area contributed by atoms with Gasteiger partial charge in [-0.25, -0.2) is 9.97 Å². The van der Waals surface area contributed by atoms with Crippen molar-refractivity contribution < 1.29 is 23.7 Å². The third-order valence-electron chi connectivity index (χ3n) is 5.65. The summed E-state index contributed by atoms with van der Waals surface area (Å²) >= 11 is 0. The maximum Gasteiger partial charge on any atom is 0.203 e. The van der Waals surface area contributed by atoms with Crippen LogP contribution in [0.5, 0.6) is 23.0 Å². The van der Waals surface area contributed by atoms with Crippen molar-refractivity contribution in [3.63, 3.8) is 0 Å². The van der Waals surface area contributed by atoms with Crippen LogP contribution in [0.4, 0.5) is 0 Å². The average molecular weight is 462 g/mol. The van der Waals surface area contributed by atoms with Gasteiger partial charge in [0.15, 0.2) is 11.5 Å². The lowest BCUT2D eigenvalue weighted by Gasteiger charge is -2.23. The fraction of sp³-hybridized carbons (Fsp3) is 0.346. The molecule has 3 aromatic rings. The lowest BCUT2D eigenvalue weighted by atomic mass is 10.1. The van der Waals surface area contributed by atoms with Crippen LogP contribution in [0.15, 0.2) is 42.6 Å². The molecule has 0 aliphatic carbocycles. The van der Waals surface area contributed by atoms with E-state index in [4.69, 9.17) is 28.7 Å². The van der Waals surface area contributed by atoms with Crippen molar-refractivity contribution in [2.45, 2.75) is 25.4 Å². The van der Waals surface area contributed by atoms with Crippen molar-refractivity contribution in [3.8, 4) is 40.3 Å². The second kappa shape index (κ2) is 10.9. The van der Waals surface area contributed by atoms with Crippen molar-refractivity contribution in [1.29, 1.82) is 5.26 Å². The first-order valence-electron chi connectivity index (χ1n) is 11.0. The Morgan fingerprint density at radius 3 is 2.35 bits per heavy atom. The summed E-state index contributed by atoms with van der Waals surface area (Å²) in [6.07, 6.45) is 3.90. The number of hydrogen-bond acceptors (Lipinski definition) is 8. The Morgan fingerprint density at radius 1 is 0.971 bits per heavy atom. The maximum absolute atomic E-state index is 9.69.